The first-order valence-electron chi connectivity index (χ1n) is 13.6. The molecular formula is C30H33N7O. The third-order valence-electron chi connectivity index (χ3n) is 8.50. The minimum absolute atomic E-state index is 0.373. The Morgan fingerprint density at radius 2 is 1.89 bits per heavy atom. The fourth-order valence-electron chi connectivity index (χ4n) is 6.62. The largest absolute Gasteiger partial charge is 0.370 e. The zero-order valence-electron chi connectivity index (χ0n) is 21.5. The number of benzene rings is 1. The van der Waals surface area contributed by atoms with Crippen LogP contribution in [0, 0.1) is 17.2 Å². The minimum Gasteiger partial charge on any atom is -0.370 e. The van der Waals surface area contributed by atoms with Gasteiger partial charge in [0, 0.05) is 55.4 Å². The summed E-state index contributed by atoms with van der Waals surface area (Å²) in [4.78, 5) is 26.0. The summed E-state index contributed by atoms with van der Waals surface area (Å²) < 4.78 is 0. The molecule has 1 saturated carbocycles. The van der Waals surface area contributed by atoms with E-state index in [0.717, 1.165) is 55.1 Å². The van der Waals surface area contributed by atoms with Crippen LogP contribution in [0.3, 0.4) is 0 Å². The van der Waals surface area contributed by atoms with Gasteiger partial charge < -0.3 is 20.9 Å². The van der Waals surface area contributed by atoms with Crippen molar-refractivity contribution in [1.82, 2.24) is 15.3 Å². The molecule has 4 heterocycles. The van der Waals surface area contributed by atoms with Gasteiger partial charge in [0.1, 0.15) is 17.6 Å². The van der Waals surface area contributed by atoms with Crippen LogP contribution in [-0.4, -0.2) is 53.6 Å². The number of primary amides is 1. The maximum absolute atomic E-state index is 11.8. The van der Waals surface area contributed by atoms with E-state index in [0.29, 0.717) is 35.3 Å². The summed E-state index contributed by atoms with van der Waals surface area (Å²) in [5, 5.41) is 13.1. The lowest BCUT2D eigenvalue weighted by molar-refractivity contribution is 0.100. The molecule has 4 atom stereocenters. The molecule has 0 spiro atoms. The predicted molar refractivity (Wildman–Crippen MR) is 148 cm³/mol. The highest BCUT2D eigenvalue weighted by molar-refractivity contribution is 5.94. The number of nitrogens with one attached hydrogen (secondary N) is 1. The second-order valence-corrected chi connectivity index (χ2v) is 10.7. The summed E-state index contributed by atoms with van der Waals surface area (Å²) in [6.07, 6.45) is 9.58. The predicted octanol–water partition coefficient (Wildman–Crippen LogP) is 3.73. The van der Waals surface area contributed by atoms with E-state index in [4.69, 9.17) is 16.0 Å². The zero-order chi connectivity index (χ0) is 26.1. The molecule has 38 heavy (non-hydrogen) atoms. The van der Waals surface area contributed by atoms with Crippen LogP contribution in [0.15, 0.2) is 60.9 Å². The van der Waals surface area contributed by atoms with E-state index in [1.54, 1.807) is 12.1 Å². The number of nitrogens with two attached hydrogens (primary N) is 1. The number of nitrogens with zero attached hydrogens (tertiary/aromatic N) is 5. The van der Waals surface area contributed by atoms with Gasteiger partial charge in [-0.25, -0.2) is 9.97 Å². The van der Waals surface area contributed by atoms with Crippen molar-refractivity contribution in [2.45, 2.75) is 50.2 Å². The molecule has 0 bridgehead atoms. The summed E-state index contributed by atoms with van der Waals surface area (Å²) >= 11 is 0. The van der Waals surface area contributed by atoms with Crippen LogP contribution in [0.4, 0.5) is 11.5 Å². The molecule has 194 valence electrons. The summed E-state index contributed by atoms with van der Waals surface area (Å²) in [7, 11) is 0. The van der Waals surface area contributed by atoms with Gasteiger partial charge in [0.25, 0.3) is 0 Å². The summed E-state index contributed by atoms with van der Waals surface area (Å²) in [6, 6.07) is 18.9. The number of carbonyl (C=O) groups is 1. The summed E-state index contributed by atoms with van der Waals surface area (Å²) in [5.74, 6) is 1.02. The Hall–Kier alpha value is -3.96. The van der Waals surface area contributed by atoms with Gasteiger partial charge >= 0.3 is 0 Å². The maximum atomic E-state index is 11.8. The number of carbonyl (C=O) groups excluding carboxylic acids is 1. The van der Waals surface area contributed by atoms with E-state index in [9.17, 15) is 4.79 Å². The number of rotatable bonds is 4. The Balaban J connectivity index is 1.33. The van der Waals surface area contributed by atoms with Crippen LogP contribution >= 0.6 is 0 Å². The van der Waals surface area contributed by atoms with Crippen molar-refractivity contribution in [1.29, 1.82) is 5.26 Å². The number of hydrogen-bond donors (Lipinski definition) is 2. The van der Waals surface area contributed by atoms with E-state index in [2.05, 4.69) is 32.2 Å². The molecule has 2 saturated heterocycles. The average Bonchev–Trinajstić information content (AvgIpc) is 3.14. The van der Waals surface area contributed by atoms with E-state index in [1.165, 1.54) is 19.3 Å². The maximum Gasteiger partial charge on any atom is 0.248 e. The van der Waals surface area contributed by atoms with E-state index >= 15 is 0 Å². The molecule has 2 aromatic heterocycles. The first-order valence-corrected chi connectivity index (χ1v) is 13.6. The molecule has 8 nitrogen and oxygen atoms in total. The number of anilines is 2. The lowest BCUT2D eigenvalue weighted by atomic mass is 9.86. The van der Waals surface area contributed by atoms with E-state index in [-0.39, 0.29) is 0 Å². The molecule has 2 aliphatic heterocycles. The van der Waals surface area contributed by atoms with Crippen molar-refractivity contribution in [2.24, 2.45) is 11.7 Å². The van der Waals surface area contributed by atoms with Crippen molar-refractivity contribution in [3.63, 3.8) is 0 Å². The lowest BCUT2D eigenvalue weighted by Crippen LogP contribution is -2.56. The number of hydrogen-bond acceptors (Lipinski definition) is 7. The third-order valence-corrected chi connectivity index (χ3v) is 8.50. The van der Waals surface area contributed by atoms with Crippen molar-refractivity contribution in [3.05, 3.63) is 72.2 Å². The third kappa shape index (κ3) is 4.70. The second-order valence-electron chi connectivity index (χ2n) is 10.7. The Bertz CT molecular complexity index is 1350. The SMILES string of the molecule is N#Cc1ccc(N2CCC3C(CNC4CCCCC4N3c3cc(-c4cccc(C(N)=O)c4)ccn3)C2)cn1. The molecule has 6 rings (SSSR count). The Kier molecular flexibility index (Phi) is 6.69. The summed E-state index contributed by atoms with van der Waals surface area (Å²) in [5.41, 5.74) is 9.59. The van der Waals surface area contributed by atoms with Gasteiger partial charge in [-0.05, 0) is 66.8 Å². The first-order chi connectivity index (χ1) is 18.6. The molecule has 0 radical (unpaired) electrons. The molecule has 1 aliphatic carbocycles. The Labute approximate surface area is 223 Å². The Morgan fingerprint density at radius 3 is 2.71 bits per heavy atom. The topological polar surface area (TPSA) is 111 Å². The molecule has 8 heteroatoms. The molecule has 1 amide bonds. The highest BCUT2D eigenvalue weighted by Gasteiger charge is 2.43. The number of amides is 1. The normalized spacial score (nSPS) is 25.0. The molecule has 4 unspecified atom stereocenters. The number of nitriles is 1. The van der Waals surface area contributed by atoms with Gasteiger partial charge in [-0.15, -0.1) is 0 Å². The van der Waals surface area contributed by atoms with Gasteiger partial charge in [-0.3, -0.25) is 4.79 Å². The van der Waals surface area contributed by atoms with Gasteiger partial charge in [-0.2, -0.15) is 5.26 Å². The lowest BCUT2D eigenvalue weighted by Gasteiger charge is -2.47. The highest BCUT2D eigenvalue weighted by Crippen LogP contribution is 2.38. The first kappa shape index (κ1) is 24.4. The van der Waals surface area contributed by atoms with Crippen LogP contribution in [0.2, 0.25) is 0 Å². The quantitative estimate of drug-likeness (QED) is 0.553. The molecule has 3 aliphatic rings. The smallest absolute Gasteiger partial charge is 0.248 e. The average molecular weight is 508 g/mol. The van der Waals surface area contributed by atoms with Crippen molar-refractivity contribution >= 4 is 17.4 Å². The van der Waals surface area contributed by atoms with Crippen LogP contribution < -0.4 is 20.9 Å². The molecule has 3 aromatic rings. The zero-order valence-corrected chi connectivity index (χ0v) is 21.5. The summed E-state index contributed by atoms with van der Waals surface area (Å²) in [6.45, 7) is 2.84. The fourth-order valence-corrected chi connectivity index (χ4v) is 6.62. The molecular weight excluding hydrogens is 474 g/mol. The standard InChI is InChI=1S/C30H33N7O/c31-16-24-8-9-25(18-34-24)36-13-11-27-23(19-36)17-35-26-6-1-2-7-28(26)37(27)29-15-21(10-12-33-29)20-4-3-5-22(14-20)30(32)38/h3-5,8-10,12,14-15,18,23,26-28,35H,1-2,6-7,11,13,17,19H2,(H2,32,38). The van der Waals surface area contributed by atoms with Crippen LogP contribution in [-0.2, 0) is 0 Å². The van der Waals surface area contributed by atoms with Gasteiger partial charge in [-0.1, -0.05) is 25.0 Å². The molecule has 3 N–H and O–H groups in total. The van der Waals surface area contributed by atoms with Crippen LogP contribution in [0.1, 0.15) is 48.2 Å². The monoisotopic (exact) mass is 507 g/mol. The Morgan fingerprint density at radius 1 is 1.03 bits per heavy atom. The van der Waals surface area contributed by atoms with Gasteiger partial charge in [0.2, 0.25) is 5.91 Å². The number of aromatic nitrogens is 2. The van der Waals surface area contributed by atoms with Crippen LogP contribution in [0.25, 0.3) is 11.1 Å². The highest BCUT2D eigenvalue weighted by atomic mass is 16.1. The van der Waals surface area contributed by atoms with Crippen molar-refractivity contribution < 1.29 is 4.79 Å². The number of piperidine rings is 1. The molecule has 1 aromatic carbocycles. The molecule has 3 fully saturated rings. The van der Waals surface area contributed by atoms with E-state index in [1.807, 2.05) is 42.7 Å². The van der Waals surface area contributed by atoms with E-state index < -0.39 is 5.91 Å². The van der Waals surface area contributed by atoms with Crippen molar-refractivity contribution in [3.8, 4) is 17.2 Å². The minimum atomic E-state index is -0.420. The van der Waals surface area contributed by atoms with Crippen molar-refractivity contribution in [2.75, 3.05) is 29.4 Å². The van der Waals surface area contributed by atoms with Crippen LogP contribution in [0.5, 0.6) is 0 Å². The van der Waals surface area contributed by atoms with Gasteiger partial charge in [0.15, 0.2) is 0 Å². The second kappa shape index (κ2) is 10.4. The number of pyridine rings is 2. The van der Waals surface area contributed by atoms with Gasteiger partial charge in [0.05, 0.1) is 11.9 Å². The fraction of sp³-hybridized carbons (Fsp3) is 0.400. The number of fused-ring (bicyclic) bond motifs is 2.